The van der Waals surface area contributed by atoms with E-state index in [1.807, 2.05) is 26.0 Å². The third-order valence-electron chi connectivity index (χ3n) is 5.37. The van der Waals surface area contributed by atoms with Crippen molar-refractivity contribution in [3.63, 3.8) is 0 Å². The smallest absolute Gasteiger partial charge is 0.225 e. The molecule has 1 aliphatic carbocycles. The van der Waals surface area contributed by atoms with Crippen LogP contribution in [0.2, 0.25) is 0 Å². The number of phenolic OH excluding ortho intramolecular Hbond substituents is 1. The summed E-state index contributed by atoms with van der Waals surface area (Å²) in [6.07, 6.45) is 10.7. The number of aromatic nitrogens is 2. The molecule has 0 spiro atoms. The van der Waals surface area contributed by atoms with Crippen molar-refractivity contribution in [1.29, 1.82) is 0 Å². The normalized spacial score (nSPS) is 15.0. The van der Waals surface area contributed by atoms with Gasteiger partial charge in [-0.3, -0.25) is 4.79 Å². The molecule has 1 aromatic heterocycles. The molecule has 2 aromatic rings. The number of hydrogen-bond donors (Lipinski definition) is 2. The van der Waals surface area contributed by atoms with Crippen LogP contribution in [0, 0.1) is 11.8 Å². The predicted octanol–water partition coefficient (Wildman–Crippen LogP) is 5.35. The zero-order valence-corrected chi connectivity index (χ0v) is 16.9. The summed E-state index contributed by atoms with van der Waals surface area (Å²) < 4.78 is 0. The highest BCUT2D eigenvalue weighted by Crippen LogP contribution is 2.29. The molecule has 5 heteroatoms. The molecule has 5 nitrogen and oxygen atoms in total. The van der Waals surface area contributed by atoms with Crippen molar-refractivity contribution in [3.8, 4) is 17.0 Å². The molecule has 3 rings (SSSR count). The van der Waals surface area contributed by atoms with Crippen molar-refractivity contribution in [2.24, 2.45) is 11.8 Å². The molecule has 1 heterocycles. The van der Waals surface area contributed by atoms with E-state index < -0.39 is 0 Å². The first kappa shape index (κ1) is 20.3. The molecule has 150 valence electrons. The van der Waals surface area contributed by atoms with Gasteiger partial charge in [0, 0.05) is 12.0 Å². The third kappa shape index (κ3) is 5.78. The molecule has 1 aromatic carbocycles. The Morgan fingerprint density at radius 3 is 2.57 bits per heavy atom. The molecule has 1 amide bonds. The van der Waals surface area contributed by atoms with Crippen molar-refractivity contribution in [1.82, 2.24) is 9.97 Å². The summed E-state index contributed by atoms with van der Waals surface area (Å²) in [5, 5.41) is 12.5. The van der Waals surface area contributed by atoms with E-state index in [-0.39, 0.29) is 11.7 Å². The lowest BCUT2D eigenvalue weighted by Gasteiger charge is -2.21. The van der Waals surface area contributed by atoms with Crippen LogP contribution in [0.5, 0.6) is 5.75 Å². The molecule has 1 fully saturated rings. The van der Waals surface area contributed by atoms with E-state index in [1.54, 1.807) is 18.3 Å². The Bertz CT molecular complexity index is 781. The topological polar surface area (TPSA) is 75.1 Å². The van der Waals surface area contributed by atoms with E-state index in [9.17, 15) is 9.90 Å². The molecule has 0 aliphatic heterocycles. The second kappa shape index (κ2) is 9.67. The van der Waals surface area contributed by atoms with Crippen LogP contribution < -0.4 is 5.32 Å². The summed E-state index contributed by atoms with van der Waals surface area (Å²) in [5.74, 6) is 1.85. The standard InChI is InChI=1S/C23H31N3O2/c1-16(2)14-22(28)26-23-20(13-8-17-6-4-3-5-7-17)25-21(15-24-23)18-9-11-19(27)12-10-18/h9-12,15-17,27H,3-8,13-14H2,1-2H3,(H,24,26,28). The molecule has 0 saturated heterocycles. The quantitative estimate of drug-likeness (QED) is 0.678. The number of carbonyl (C=O) groups excluding carboxylic acids is 1. The maximum Gasteiger partial charge on any atom is 0.225 e. The summed E-state index contributed by atoms with van der Waals surface area (Å²) in [6.45, 7) is 4.06. The zero-order valence-electron chi connectivity index (χ0n) is 16.9. The number of nitrogens with one attached hydrogen (secondary N) is 1. The molecule has 1 saturated carbocycles. The average Bonchev–Trinajstić information content (AvgIpc) is 2.68. The number of anilines is 1. The molecule has 0 bridgehead atoms. The number of hydrogen-bond acceptors (Lipinski definition) is 4. The third-order valence-corrected chi connectivity index (χ3v) is 5.37. The molecule has 0 unspecified atom stereocenters. The fourth-order valence-electron chi connectivity index (χ4n) is 3.85. The minimum absolute atomic E-state index is 0.0133. The van der Waals surface area contributed by atoms with Gasteiger partial charge in [0.05, 0.1) is 17.6 Å². The minimum atomic E-state index is -0.0133. The molecule has 28 heavy (non-hydrogen) atoms. The number of aryl methyl sites for hydroxylation is 1. The van der Waals surface area contributed by atoms with Crippen LogP contribution in [0.25, 0.3) is 11.3 Å². The largest absolute Gasteiger partial charge is 0.508 e. The van der Waals surface area contributed by atoms with E-state index in [2.05, 4.69) is 10.3 Å². The molecular formula is C23H31N3O2. The van der Waals surface area contributed by atoms with Gasteiger partial charge in [0.2, 0.25) is 5.91 Å². The fraction of sp³-hybridized carbons (Fsp3) is 0.522. The number of carbonyl (C=O) groups is 1. The summed E-state index contributed by atoms with van der Waals surface area (Å²) >= 11 is 0. The van der Waals surface area contributed by atoms with E-state index in [0.29, 0.717) is 18.2 Å². The van der Waals surface area contributed by atoms with E-state index in [4.69, 9.17) is 4.98 Å². The maximum absolute atomic E-state index is 12.3. The van der Waals surface area contributed by atoms with Gasteiger partial charge in [-0.05, 0) is 48.9 Å². The fourth-order valence-corrected chi connectivity index (χ4v) is 3.85. The summed E-state index contributed by atoms with van der Waals surface area (Å²) in [6, 6.07) is 6.97. The van der Waals surface area contributed by atoms with Gasteiger partial charge in [-0.1, -0.05) is 46.0 Å². The number of nitrogens with zero attached hydrogens (tertiary/aromatic N) is 2. The van der Waals surface area contributed by atoms with Crippen LogP contribution in [-0.4, -0.2) is 21.0 Å². The first-order valence-corrected chi connectivity index (χ1v) is 10.5. The van der Waals surface area contributed by atoms with Crippen LogP contribution in [0.3, 0.4) is 0 Å². The first-order valence-electron chi connectivity index (χ1n) is 10.5. The first-order chi connectivity index (χ1) is 13.5. The van der Waals surface area contributed by atoms with Crippen LogP contribution >= 0.6 is 0 Å². The van der Waals surface area contributed by atoms with Crippen molar-refractivity contribution in [2.75, 3.05) is 5.32 Å². The average molecular weight is 382 g/mol. The van der Waals surface area contributed by atoms with Crippen LogP contribution in [-0.2, 0) is 11.2 Å². The lowest BCUT2D eigenvalue weighted by atomic mass is 9.86. The lowest BCUT2D eigenvalue weighted by Crippen LogP contribution is -2.17. The highest BCUT2D eigenvalue weighted by Gasteiger charge is 2.17. The molecule has 0 atom stereocenters. The molecule has 2 N–H and O–H groups in total. The van der Waals surface area contributed by atoms with Crippen LogP contribution in [0.4, 0.5) is 5.82 Å². The zero-order chi connectivity index (χ0) is 19.9. The molecular weight excluding hydrogens is 350 g/mol. The Balaban J connectivity index is 1.80. The van der Waals surface area contributed by atoms with Gasteiger partial charge in [0.1, 0.15) is 5.75 Å². The Morgan fingerprint density at radius 1 is 1.18 bits per heavy atom. The van der Waals surface area contributed by atoms with E-state index >= 15 is 0 Å². The summed E-state index contributed by atoms with van der Waals surface area (Å²) in [4.78, 5) is 21.6. The second-order valence-corrected chi connectivity index (χ2v) is 8.29. The van der Waals surface area contributed by atoms with Gasteiger partial charge in [0.15, 0.2) is 5.82 Å². The highest BCUT2D eigenvalue weighted by atomic mass is 16.3. The number of aromatic hydroxyl groups is 1. The minimum Gasteiger partial charge on any atom is -0.508 e. The highest BCUT2D eigenvalue weighted by molar-refractivity contribution is 5.90. The van der Waals surface area contributed by atoms with Crippen molar-refractivity contribution in [2.45, 2.75) is 65.2 Å². The van der Waals surface area contributed by atoms with E-state index in [1.165, 1.54) is 32.1 Å². The molecule has 1 aliphatic rings. The predicted molar refractivity (Wildman–Crippen MR) is 112 cm³/mol. The maximum atomic E-state index is 12.3. The van der Waals surface area contributed by atoms with Crippen molar-refractivity contribution in [3.05, 3.63) is 36.2 Å². The second-order valence-electron chi connectivity index (χ2n) is 8.29. The van der Waals surface area contributed by atoms with Crippen molar-refractivity contribution >= 4 is 11.7 Å². The van der Waals surface area contributed by atoms with Crippen molar-refractivity contribution < 1.29 is 9.90 Å². The van der Waals surface area contributed by atoms with Gasteiger partial charge in [-0.25, -0.2) is 9.97 Å². The van der Waals surface area contributed by atoms with Gasteiger partial charge in [-0.15, -0.1) is 0 Å². The van der Waals surface area contributed by atoms with Crippen LogP contribution in [0.15, 0.2) is 30.5 Å². The van der Waals surface area contributed by atoms with Gasteiger partial charge >= 0.3 is 0 Å². The Hall–Kier alpha value is -2.43. The summed E-state index contributed by atoms with van der Waals surface area (Å²) in [5.41, 5.74) is 2.53. The monoisotopic (exact) mass is 381 g/mol. The van der Waals surface area contributed by atoms with E-state index in [0.717, 1.165) is 35.7 Å². The number of benzene rings is 1. The van der Waals surface area contributed by atoms with Gasteiger partial charge < -0.3 is 10.4 Å². The lowest BCUT2D eigenvalue weighted by molar-refractivity contribution is -0.116. The molecule has 0 radical (unpaired) electrons. The van der Waals surface area contributed by atoms with Crippen LogP contribution in [0.1, 0.15) is 64.5 Å². The van der Waals surface area contributed by atoms with Gasteiger partial charge in [0.25, 0.3) is 0 Å². The Kier molecular flexibility index (Phi) is 7.01. The summed E-state index contributed by atoms with van der Waals surface area (Å²) in [7, 11) is 0. The number of amides is 1. The van der Waals surface area contributed by atoms with Gasteiger partial charge in [-0.2, -0.15) is 0 Å². The Labute approximate surface area is 167 Å². The number of rotatable bonds is 7. The number of phenols is 1. The Morgan fingerprint density at radius 2 is 1.89 bits per heavy atom. The SMILES string of the molecule is CC(C)CC(=O)Nc1ncc(-c2ccc(O)cc2)nc1CCC1CCCCC1.